The Labute approximate surface area is 215 Å². The van der Waals surface area contributed by atoms with Crippen molar-refractivity contribution < 1.29 is 0 Å². The number of hydrogen-bond donors (Lipinski definition) is 2. The second kappa shape index (κ2) is 11.0. The third-order valence-corrected chi connectivity index (χ3v) is 8.78. The Hall–Kier alpha value is -1.93. The lowest BCUT2D eigenvalue weighted by molar-refractivity contribution is 0.265. The van der Waals surface area contributed by atoms with Gasteiger partial charge in [-0.25, -0.2) is 0 Å². The van der Waals surface area contributed by atoms with E-state index in [1.165, 1.54) is 39.0 Å². The number of piperidine rings is 1. The second-order valence-corrected chi connectivity index (χ2v) is 11.8. The largest absolute Gasteiger partial charge is 0.371 e. The van der Waals surface area contributed by atoms with Crippen molar-refractivity contribution in [1.29, 1.82) is 0 Å². The molecule has 4 N–H and O–H groups in total. The molecule has 0 aromatic heterocycles. The van der Waals surface area contributed by atoms with Gasteiger partial charge < -0.3 is 26.2 Å². The van der Waals surface area contributed by atoms with E-state index in [1.807, 2.05) is 11.8 Å². The van der Waals surface area contributed by atoms with E-state index in [9.17, 15) is 0 Å². The average Bonchev–Trinajstić information content (AvgIpc) is 2.86. The highest BCUT2D eigenvalue weighted by Gasteiger charge is 2.27. The summed E-state index contributed by atoms with van der Waals surface area (Å²) in [5.74, 6) is 1.49. The van der Waals surface area contributed by atoms with Crippen LogP contribution in [-0.2, 0) is 0 Å². The summed E-state index contributed by atoms with van der Waals surface area (Å²) in [5.41, 5.74) is 17.0. The monoisotopic (exact) mass is 494 g/mol. The minimum atomic E-state index is 0.709. The van der Waals surface area contributed by atoms with E-state index in [-0.39, 0.29) is 0 Å². The van der Waals surface area contributed by atoms with Crippen LogP contribution < -0.4 is 26.2 Å². The highest BCUT2D eigenvalue weighted by Crippen LogP contribution is 2.50. The van der Waals surface area contributed by atoms with Crippen molar-refractivity contribution in [2.75, 3.05) is 80.1 Å². The third kappa shape index (κ3) is 5.43. The van der Waals surface area contributed by atoms with Gasteiger partial charge in [0, 0.05) is 80.1 Å². The number of nitrogens with two attached hydrogens (primary N) is 2. The number of fused-ring (bicyclic) bond motifs is 2. The maximum absolute atomic E-state index is 5.93. The van der Waals surface area contributed by atoms with Gasteiger partial charge in [0.1, 0.15) is 0 Å². The van der Waals surface area contributed by atoms with Gasteiger partial charge >= 0.3 is 0 Å². The summed E-state index contributed by atoms with van der Waals surface area (Å²) in [6.07, 6.45) is 2.32. The topological polar surface area (TPSA) is 65.0 Å². The fourth-order valence-corrected chi connectivity index (χ4v) is 7.19. The van der Waals surface area contributed by atoms with E-state index < -0.39 is 0 Å². The smallest absolute Gasteiger partial charge is 0.0554 e. The van der Waals surface area contributed by atoms with Crippen LogP contribution in [0.3, 0.4) is 0 Å². The first-order valence-corrected chi connectivity index (χ1v) is 14.2. The van der Waals surface area contributed by atoms with Crippen molar-refractivity contribution in [3.8, 4) is 0 Å². The number of piperazine rings is 1. The predicted octanol–water partition coefficient (Wildman–Crippen LogP) is 4.20. The van der Waals surface area contributed by atoms with Crippen LogP contribution in [0.1, 0.15) is 26.7 Å². The summed E-state index contributed by atoms with van der Waals surface area (Å²) < 4.78 is 0. The normalized spacial score (nSPS) is 22.8. The lowest BCUT2D eigenvalue weighted by atomic mass is 9.91. The first-order chi connectivity index (χ1) is 17.1. The number of anilines is 4. The summed E-state index contributed by atoms with van der Waals surface area (Å²) in [4.78, 5) is 12.8. The molecule has 35 heavy (non-hydrogen) atoms. The minimum Gasteiger partial charge on any atom is -0.371 e. The van der Waals surface area contributed by atoms with Crippen LogP contribution in [0.25, 0.3) is 0 Å². The lowest BCUT2D eigenvalue weighted by Gasteiger charge is -2.39. The number of hydrogen-bond acceptors (Lipinski definition) is 7. The molecule has 0 spiro atoms. The van der Waals surface area contributed by atoms with Gasteiger partial charge in [-0.15, -0.1) is 0 Å². The number of rotatable bonds is 7. The molecule has 2 unspecified atom stereocenters. The van der Waals surface area contributed by atoms with E-state index in [0.29, 0.717) is 6.54 Å². The molecule has 3 aliphatic rings. The Balaban J connectivity index is 1.41. The standard InChI is InChI=1S/C28H42N6S/c1-21-16-22(2)20-33(19-21)24-5-7-26-28(18-24)35-27-17-23(4-6-25(27)34(26)10-3-8-29)32-14-12-31(11-9-30)13-15-32/h4-7,17-18,21-22H,3,8-16,19-20,29-30H2,1-2H3. The van der Waals surface area contributed by atoms with Gasteiger partial charge in [-0.2, -0.15) is 0 Å². The van der Waals surface area contributed by atoms with Crippen LogP contribution in [0.15, 0.2) is 46.2 Å². The molecule has 6 nitrogen and oxygen atoms in total. The quantitative estimate of drug-likeness (QED) is 0.598. The van der Waals surface area contributed by atoms with Gasteiger partial charge in [0.05, 0.1) is 11.4 Å². The van der Waals surface area contributed by atoms with E-state index in [0.717, 1.165) is 77.2 Å². The second-order valence-electron chi connectivity index (χ2n) is 10.7. The zero-order chi connectivity index (χ0) is 24.4. The lowest BCUT2D eigenvalue weighted by Crippen LogP contribution is -2.47. The van der Waals surface area contributed by atoms with Crippen molar-refractivity contribution in [2.24, 2.45) is 23.3 Å². The van der Waals surface area contributed by atoms with E-state index in [2.05, 4.69) is 69.8 Å². The molecule has 3 aliphatic heterocycles. The molecule has 190 valence electrons. The summed E-state index contributed by atoms with van der Waals surface area (Å²) in [7, 11) is 0. The Morgan fingerprint density at radius 1 is 0.771 bits per heavy atom. The molecule has 2 atom stereocenters. The molecule has 3 heterocycles. The molecule has 0 radical (unpaired) electrons. The number of nitrogens with zero attached hydrogens (tertiary/aromatic N) is 4. The van der Waals surface area contributed by atoms with Gasteiger partial charge in [-0.05, 0) is 67.6 Å². The highest BCUT2D eigenvalue weighted by molar-refractivity contribution is 7.99. The average molecular weight is 495 g/mol. The number of benzene rings is 2. The fraction of sp³-hybridized carbons (Fsp3) is 0.571. The first kappa shape index (κ1) is 24.8. The molecule has 2 fully saturated rings. The summed E-state index contributed by atoms with van der Waals surface area (Å²) >= 11 is 1.93. The molecule has 7 heteroatoms. The van der Waals surface area contributed by atoms with Gasteiger partial charge in [-0.1, -0.05) is 25.6 Å². The SMILES string of the molecule is CC1CC(C)CN(c2ccc3c(c2)Sc2cc(N4CCN(CCN)CC4)ccc2N3CCCN)C1. The predicted molar refractivity (Wildman–Crippen MR) is 151 cm³/mol. The van der Waals surface area contributed by atoms with Gasteiger partial charge in [0.15, 0.2) is 0 Å². The van der Waals surface area contributed by atoms with Crippen LogP contribution >= 0.6 is 11.8 Å². The molecule has 0 bridgehead atoms. The van der Waals surface area contributed by atoms with Crippen LogP contribution in [0, 0.1) is 11.8 Å². The van der Waals surface area contributed by atoms with Crippen LogP contribution in [0.2, 0.25) is 0 Å². The van der Waals surface area contributed by atoms with E-state index in [1.54, 1.807) is 0 Å². The molecule has 2 saturated heterocycles. The molecule has 0 amide bonds. The van der Waals surface area contributed by atoms with E-state index >= 15 is 0 Å². The molecule has 2 aromatic carbocycles. The Morgan fingerprint density at radius 3 is 1.94 bits per heavy atom. The first-order valence-electron chi connectivity index (χ1n) is 13.4. The Kier molecular flexibility index (Phi) is 7.77. The maximum atomic E-state index is 5.93. The Bertz CT molecular complexity index is 995. The van der Waals surface area contributed by atoms with Crippen molar-refractivity contribution in [3.63, 3.8) is 0 Å². The van der Waals surface area contributed by atoms with Crippen molar-refractivity contribution in [1.82, 2.24) is 4.90 Å². The molecule has 0 saturated carbocycles. The minimum absolute atomic E-state index is 0.709. The zero-order valence-electron chi connectivity index (χ0n) is 21.5. The van der Waals surface area contributed by atoms with Crippen LogP contribution in [-0.4, -0.2) is 70.3 Å². The summed E-state index contributed by atoms with van der Waals surface area (Å²) in [6, 6.07) is 14.1. The fourth-order valence-electron chi connectivity index (χ4n) is 6.03. The van der Waals surface area contributed by atoms with Gasteiger partial charge in [0.25, 0.3) is 0 Å². The molecular formula is C28H42N6S. The summed E-state index contributed by atoms with van der Waals surface area (Å²) in [5, 5.41) is 0. The van der Waals surface area contributed by atoms with Gasteiger partial charge in [0.2, 0.25) is 0 Å². The Morgan fingerprint density at radius 2 is 1.37 bits per heavy atom. The van der Waals surface area contributed by atoms with Crippen molar-refractivity contribution >= 4 is 34.5 Å². The summed E-state index contributed by atoms with van der Waals surface area (Å²) in [6.45, 7) is 14.8. The van der Waals surface area contributed by atoms with E-state index in [4.69, 9.17) is 11.5 Å². The van der Waals surface area contributed by atoms with Crippen LogP contribution in [0.4, 0.5) is 22.7 Å². The molecule has 0 aliphatic carbocycles. The van der Waals surface area contributed by atoms with Crippen LogP contribution in [0.5, 0.6) is 0 Å². The molecule has 5 rings (SSSR count). The molecule has 2 aromatic rings. The third-order valence-electron chi connectivity index (χ3n) is 7.69. The van der Waals surface area contributed by atoms with Gasteiger partial charge in [-0.3, -0.25) is 4.90 Å². The molecular weight excluding hydrogens is 452 g/mol. The maximum Gasteiger partial charge on any atom is 0.0554 e. The van der Waals surface area contributed by atoms with Crippen molar-refractivity contribution in [2.45, 2.75) is 36.5 Å². The van der Waals surface area contributed by atoms with Crippen molar-refractivity contribution in [3.05, 3.63) is 36.4 Å². The highest BCUT2D eigenvalue weighted by atomic mass is 32.2. The zero-order valence-corrected chi connectivity index (χ0v) is 22.3.